The number of aromatic nitrogens is 3. The normalized spacial score (nSPS) is 11.0. The second kappa shape index (κ2) is 10.3. The maximum absolute atomic E-state index is 10.6. The van der Waals surface area contributed by atoms with Gasteiger partial charge in [-0.25, -0.2) is 23.4 Å². The van der Waals surface area contributed by atoms with Crippen LogP contribution in [0.2, 0.25) is 0 Å². The smallest absolute Gasteiger partial charge is 0.261 e. The molecule has 0 radical (unpaired) electrons. The summed E-state index contributed by atoms with van der Waals surface area (Å²) in [6.07, 6.45) is 5.42. The van der Waals surface area contributed by atoms with E-state index in [1.165, 1.54) is 6.07 Å². The maximum Gasteiger partial charge on any atom is 0.261 e. The summed E-state index contributed by atoms with van der Waals surface area (Å²) in [4.78, 5) is 13.3. The van der Waals surface area contributed by atoms with Crippen molar-refractivity contribution in [3.05, 3.63) is 103 Å². The van der Waals surface area contributed by atoms with Crippen LogP contribution in [0.1, 0.15) is 11.1 Å². The van der Waals surface area contributed by atoms with Crippen LogP contribution in [0.15, 0.2) is 111 Å². The van der Waals surface area contributed by atoms with E-state index in [0.29, 0.717) is 5.56 Å². The fourth-order valence-corrected chi connectivity index (χ4v) is 5.28. The number of aryl methyl sites for hydroxylation is 2. The van der Waals surface area contributed by atoms with Gasteiger partial charge in [-0.3, -0.25) is 0 Å². The second-order valence-corrected chi connectivity index (χ2v) is 9.75. The van der Waals surface area contributed by atoms with E-state index in [1.807, 2.05) is 61.5 Å². The van der Waals surface area contributed by atoms with Gasteiger partial charge in [0, 0.05) is 36.8 Å². The molecule has 0 unspecified atom stereocenters. The average Bonchev–Trinajstić information content (AvgIpc) is 2.76. The molecule has 1 aromatic carbocycles. The van der Waals surface area contributed by atoms with Crippen LogP contribution in [0.25, 0.3) is 0 Å². The largest absolute Gasteiger partial charge is 0.744 e. The van der Waals surface area contributed by atoms with E-state index >= 15 is 0 Å². The molecule has 0 bridgehead atoms. The second-order valence-electron chi connectivity index (χ2n) is 6.53. The van der Waals surface area contributed by atoms with Crippen LogP contribution in [0.3, 0.4) is 0 Å². The van der Waals surface area contributed by atoms with E-state index in [4.69, 9.17) is 0 Å². The Kier molecular flexibility index (Phi) is 7.51. The van der Waals surface area contributed by atoms with Crippen LogP contribution < -0.4 is 0 Å². The Morgan fingerprint density at radius 1 is 0.710 bits per heavy atom. The molecule has 0 aliphatic heterocycles. The highest BCUT2D eigenvalue weighted by molar-refractivity contribution is 7.96. The third kappa shape index (κ3) is 6.21. The lowest BCUT2D eigenvalue weighted by Gasteiger charge is -2.10. The quantitative estimate of drug-likeness (QED) is 0.341. The van der Waals surface area contributed by atoms with Gasteiger partial charge in [-0.05, 0) is 43.7 Å². The number of hydrogen-bond donors (Lipinski definition) is 0. The molecule has 3 heterocycles. The molecule has 0 fully saturated rings. The molecule has 0 N–H and O–H groups in total. The zero-order valence-electron chi connectivity index (χ0n) is 17.0. The van der Waals surface area contributed by atoms with Gasteiger partial charge in [0.05, 0.1) is 4.90 Å². The Hall–Kier alpha value is -3.07. The third-order valence-corrected chi connectivity index (χ3v) is 7.12. The molecule has 0 amide bonds. The molecular formula is C23H21N3O3S2. The molecule has 4 rings (SSSR count). The van der Waals surface area contributed by atoms with Crippen molar-refractivity contribution < 1.29 is 13.0 Å². The fourth-order valence-electron chi connectivity index (χ4n) is 2.80. The van der Waals surface area contributed by atoms with Crippen molar-refractivity contribution in [3.8, 4) is 0 Å². The molecule has 3 aromatic heterocycles. The van der Waals surface area contributed by atoms with Crippen molar-refractivity contribution in [2.45, 2.75) is 33.8 Å². The predicted molar refractivity (Wildman–Crippen MR) is 119 cm³/mol. The Morgan fingerprint density at radius 2 is 1.16 bits per heavy atom. The lowest BCUT2D eigenvalue weighted by Crippen LogP contribution is -2.09. The molecule has 0 spiro atoms. The molecule has 0 aliphatic rings. The molecule has 6 nitrogen and oxygen atoms in total. The van der Waals surface area contributed by atoms with Gasteiger partial charge in [-0.2, -0.15) is 0 Å². The van der Waals surface area contributed by atoms with Gasteiger partial charge in [0.25, 0.3) is 15.1 Å². The van der Waals surface area contributed by atoms with Gasteiger partial charge in [0.15, 0.2) is 10.9 Å². The van der Waals surface area contributed by atoms with Gasteiger partial charge in [0.2, 0.25) is 0 Å². The summed E-state index contributed by atoms with van der Waals surface area (Å²) in [6, 6.07) is 22.4. The van der Waals surface area contributed by atoms with E-state index in [2.05, 4.69) is 15.0 Å². The van der Waals surface area contributed by atoms with Crippen LogP contribution >= 0.6 is 0 Å². The highest BCUT2D eigenvalue weighted by atomic mass is 32.2. The first-order chi connectivity index (χ1) is 14.9. The summed E-state index contributed by atoms with van der Waals surface area (Å²) in [5, 5.41) is 2.96. The topological polar surface area (TPSA) is 95.9 Å². The van der Waals surface area contributed by atoms with E-state index in [1.54, 1.807) is 37.6 Å². The summed E-state index contributed by atoms with van der Waals surface area (Å²) >= 11 is 0. The SMILES string of the molecule is Cc1ccc(S(=O)(=O)[O-])c(C)c1.c1ccc([S+](c2ccccn2)c2ccccn2)nc1. The lowest BCUT2D eigenvalue weighted by molar-refractivity contribution is 0.462. The molecular weight excluding hydrogens is 430 g/mol. The molecule has 31 heavy (non-hydrogen) atoms. The van der Waals surface area contributed by atoms with Crippen molar-refractivity contribution in [2.24, 2.45) is 0 Å². The van der Waals surface area contributed by atoms with Crippen molar-refractivity contribution in [3.63, 3.8) is 0 Å². The first-order valence-electron chi connectivity index (χ1n) is 9.37. The zero-order valence-corrected chi connectivity index (χ0v) is 18.7. The zero-order chi connectivity index (χ0) is 22.3. The first kappa shape index (κ1) is 22.6. The van der Waals surface area contributed by atoms with Crippen LogP contribution in [-0.2, 0) is 21.0 Å². The summed E-state index contributed by atoms with van der Waals surface area (Å²) < 4.78 is 31.8. The molecule has 8 heteroatoms. The van der Waals surface area contributed by atoms with Gasteiger partial charge in [-0.15, -0.1) is 0 Å². The summed E-state index contributed by atoms with van der Waals surface area (Å²) in [5.74, 6) is 0. The predicted octanol–water partition coefficient (Wildman–Crippen LogP) is 4.17. The van der Waals surface area contributed by atoms with Crippen molar-refractivity contribution >= 4 is 21.0 Å². The van der Waals surface area contributed by atoms with Gasteiger partial charge < -0.3 is 4.55 Å². The highest BCUT2D eigenvalue weighted by Crippen LogP contribution is 2.26. The van der Waals surface area contributed by atoms with E-state index in [9.17, 15) is 13.0 Å². The minimum Gasteiger partial charge on any atom is -0.744 e. The molecule has 0 aliphatic carbocycles. The minimum atomic E-state index is -4.30. The Balaban J connectivity index is 0.000000196. The molecule has 4 aromatic rings. The van der Waals surface area contributed by atoms with Crippen molar-refractivity contribution in [2.75, 3.05) is 0 Å². The number of hydrogen-bond acceptors (Lipinski definition) is 6. The standard InChI is InChI=1S/C15H12N3S.C8H10O3S/c1-4-10-16-13(7-1)19(14-8-2-5-11-17-14)15-9-3-6-12-18-15;1-6-3-4-8(7(2)5-6)12(9,10)11/h1-12H;3-5H,1-2H3,(H,9,10,11)/q+1;/p-1. The number of nitrogens with zero attached hydrogens (tertiary/aromatic N) is 3. The van der Waals surface area contributed by atoms with Gasteiger partial charge >= 0.3 is 0 Å². The van der Waals surface area contributed by atoms with E-state index < -0.39 is 10.1 Å². The average molecular weight is 452 g/mol. The van der Waals surface area contributed by atoms with Gasteiger partial charge in [-0.1, -0.05) is 35.9 Å². The van der Waals surface area contributed by atoms with E-state index in [0.717, 1.165) is 20.6 Å². The molecule has 0 atom stereocenters. The molecule has 158 valence electrons. The van der Waals surface area contributed by atoms with E-state index in [-0.39, 0.29) is 15.8 Å². The van der Waals surface area contributed by atoms with Crippen LogP contribution in [-0.4, -0.2) is 27.9 Å². The number of pyridine rings is 3. The Bertz CT molecular complexity index is 1130. The minimum absolute atomic E-state index is 0.131. The molecule has 0 saturated carbocycles. The van der Waals surface area contributed by atoms with Crippen LogP contribution in [0.5, 0.6) is 0 Å². The lowest BCUT2D eigenvalue weighted by atomic mass is 10.2. The maximum atomic E-state index is 10.6. The fraction of sp³-hybridized carbons (Fsp3) is 0.0870. The summed E-state index contributed by atoms with van der Waals surface area (Å²) in [6.45, 7) is 3.45. The van der Waals surface area contributed by atoms with Gasteiger partial charge in [0.1, 0.15) is 10.1 Å². The third-order valence-electron chi connectivity index (χ3n) is 4.14. The van der Waals surface area contributed by atoms with Crippen LogP contribution in [0, 0.1) is 13.8 Å². The summed E-state index contributed by atoms with van der Waals surface area (Å²) in [7, 11) is -4.65. The summed E-state index contributed by atoms with van der Waals surface area (Å²) in [5.41, 5.74) is 1.45. The Labute approximate surface area is 185 Å². The number of benzene rings is 1. The molecule has 0 saturated heterocycles. The highest BCUT2D eigenvalue weighted by Gasteiger charge is 2.32. The van der Waals surface area contributed by atoms with Crippen LogP contribution in [0.4, 0.5) is 0 Å². The van der Waals surface area contributed by atoms with Crippen molar-refractivity contribution in [1.29, 1.82) is 0 Å². The monoisotopic (exact) mass is 451 g/mol. The van der Waals surface area contributed by atoms with Crippen molar-refractivity contribution in [1.82, 2.24) is 15.0 Å². The Morgan fingerprint density at radius 3 is 1.48 bits per heavy atom. The number of rotatable bonds is 4. The first-order valence-corrected chi connectivity index (χ1v) is 12.0.